The van der Waals surface area contributed by atoms with Gasteiger partial charge < -0.3 is 4.57 Å². The molecule has 1 heterocycles. The molecule has 3 aromatic rings. The van der Waals surface area contributed by atoms with E-state index in [2.05, 4.69) is 0 Å². The number of nitrogens with zero attached hydrogens (tertiary/aromatic N) is 1. The predicted molar refractivity (Wildman–Crippen MR) is 86.0 cm³/mol. The lowest BCUT2D eigenvalue weighted by atomic mass is 10.0. The maximum absolute atomic E-state index is 13.3. The van der Waals surface area contributed by atoms with Crippen molar-refractivity contribution in [3.63, 3.8) is 0 Å². The van der Waals surface area contributed by atoms with Crippen molar-refractivity contribution < 1.29 is 13.2 Å². The number of aromatic nitrogens is 1. The van der Waals surface area contributed by atoms with Crippen LogP contribution in [0.3, 0.4) is 0 Å². The molecule has 0 N–H and O–H groups in total. The molecule has 4 heteroatoms. The predicted octanol–water partition coefficient (Wildman–Crippen LogP) is 5.69. The zero-order valence-electron chi connectivity index (χ0n) is 12.9. The molecule has 118 valence electrons. The third-order valence-electron chi connectivity index (χ3n) is 3.92. The second-order valence-electron chi connectivity index (χ2n) is 5.59. The molecular weight excluding hydrogens is 299 g/mol. The fourth-order valence-corrected chi connectivity index (χ4v) is 2.94. The second-order valence-corrected chi connectivity index (χ2v) is 5.59. The number of hydrogen-bond acceptors (Lipinski definition) is 0. The highest BCUT2D eigenvalue weighted by atomic mass is 19.4. The van der Waals surface area contributed by atoms with Crippen LogP contribution < -0.4 is 0 Å². The Morgan fingerprint density at radius 1 is 0.783 bits per heavy atom. The Kier molecular flexibility index (Phi) is 3.76. The number of rotatable bonds is 2. The van der Waals surface area contributed by atoms with Crippen LogP contribution in [0.15, 0.2) is 60.8 Å². The molecule has 0 fully saturated rings. The van der Waals surface area contributed by atoms with Crippen molar-refractivity contribution in [1.82, 2.24) is 4.57 Å². The van der Waals surface area contributed by atoms with Crippen LogP contribution in [0.25, 0.3) is 22.4 Å². The summed E-state index contributed by atoms with van der Waals surface area (Å²) in [5, 5.41) is 0. The topological polar surface area (TPSA) is 4.93 Å². The molecular formula is C19H16F3N. The van der Waals surface area contributed by atoms with Crippen LogP contribution in [0.4, 0.5) is 13.2 Å². The minimum Gasteiger partial charge on any atom is -0.350 e. The van der Waals surface area contributed by atoms with Crippen LogP contribution >= 0.6 is 0 Å². The lowest BCUT2D eigenvalue weighted by Crippen LogP contribution is -2.08. The molecule has 1 aromatic heterocycles. The van der Waals surface area contributed by atoms with Crippen LogP contribution in [0, 0.1) is 6.92 Å². The first-order chi connectivity index (χ1) is 10.9. The van der Waals surface area contributed by atoms with Gasteiger partial charge in [-0.2, -0.15) is 13.2 Å². The summed E-state index contributed by atoms with van der Waals surface area (Å²) in [5.74, 6) is 0. The Hall–Kier alpha value is -2.49. The smallest absolute Gasteiger partial charge is 0.350 e. The number of halogens is 3. The molecule has 0 saturated heterocycles. The molecule has 0 aliphatic rings. The van der Waals surface area contributed by atoms with Gasteiger partial charge in [0.2, 0.25) is 0 Å². The second kappa shape index (κ2) is 5.61. The fraction of sp³-hybridized carbons (Fsp3) is 0.158. The summed E-state index contributed by atoms with van der Waals surface area (Å²) < 4.78 is 41.6. The molecule has 0 unspecified atom stereocenters. The van der Waals surface area contributed by atoms with Crippen LogP contribution in [0.1, 0.15) is 11.1 Å². The summed E-state index contributed by atoms with van der Waals surface area (Å²) in [7, 11) is 1.64. The third-order valence-corrected chi connectivity index (χ3v) is 3.92. The molecule has 1 nitrogen and oxygen atoms in total. The van der Waals surface area contributed by atoms with Gasteiger partial charge in [0.25, 0.3) is 0 Å². The molecule has 0 atom stereocenters. The van der Waals surface area contributed by atoms with Gasteiger partial charge in [0, 0.05) is 13.2 Å². The minimum atomic E-state index is -4.36. The van der Waals surface area contributed by atoms with Crippen molar-refractivity contribution in [2.45, 2.75) is 13.1 Å². The van der Waals surface area contributed by atoms with E-state index in [0.29, 0.717) is 5.56 Å². The third kappa shape index (κ3) is 2.89. The molecule has 0 spiro atoms. The van der Waals surface area contributed by atoms with Gasteiger partial charge in [-0.3, -0.25) is 0 Å². The number of hydrogen-bond donors (Lipinski definition) is 0. The van der Waals surface area contributed by atoms with Crippen molar-refractivity contribution >= 4 is 0 Å². The highest BCUT2D eigenvalue weighted by Gasteiger charge is 2.37. The molecule has 0 amide bonds. The van der Waals surface area contributed by atoms with E-state index in [-0.39, 0.29) is 11.3 Å². The van der Waals surface area contributed by atoms with Crippen molar-refractivity contribution in [3.8, 4) is 22.4 Å². The van der Waals surface area contributed by atoms with Crippen molar-refractivity contribution in [2.24, 2.45) is 7.05 Å². The van der Waals surface area contributed by atoms with E-state index in [0.717, 1.165) is 11.1 Å². The van der Waals surface area contributed by atoms with E-state index in [1.54, 1.807) is 19.2 Å². The zero-order chi connectivity index (χ0) is 16.6. The summed E-state index contributed by atoms with van der Waals surface area (Å²) in [4.78, 5) is 0. The van der Waals surface area contributed by atoms with Gasteiger partial charge in [-0.25, -0.2) is 0 Å². The summed E-state index contributed by atoms with van der Waals surface area (Å²) >= 11 is 0. The fourth-order valence-electron chi connectivity index (χ4n) is 2.94. The first-order valence-corrected chi connectivity index (χ1v) is 7.27. The van der Waals surface area contributed by atoms with Crippen molar-refractivity contribution in [3.05, 3.63) is 71.9 Å². The van der Waals surface area contributed by atoms with Crippen LogP contribution in [-0.4, -0.2) is 4.57 Å². The van der Waals surface area contributed by atoms with Crippen LogP contribution in [0.5, 0.6) is 0 Å². The van der Waals surface area contributed by atoms with Crippen LogP contribution in [0.2, 0.25) is 0 Å². The Morgan fingerprint density at radius 2 is 1.30 bits per heavy atom. The minimum absolute atomic E-state index is 0.203. The molecule has 0 aliphatic heterocycles. The maximum atomic E-state index is 13.3. The molecule has 3 rings (SSSR count). The number of aryl methyl sites for hydroxylation is 2. The van der Waals surface area contributed by atoms with E-state index in [1.165, 1.54) is 17.7 Å². The zero-order valence-corrected chi connectivity index (χ0v) is 12.9. The Bertz CT molecular complexity index is 812. The largest absolute Gasteiger partial charge is 0.418 e. The van der Waals surface area contributed by atoms with Gasteiger partial charge in [-0.05, 0) is 29.2 Å². The van der Waals surface area contributed by atoms with Gasteiger partial charge in [0.05, 0.1) is 11.3 Å². The van der Waals surface area contributed by atoms with Crippen LogP contribution in [-0.2, 0) is 13.2 Å². The van der Waals surface area contributed by atoms with Crippen molar-refractivity contribution in [2.75, 3.05) is 0 Å². The van der Waals surface area contributed by atoms with Gasteiger partial charge in [-0.1, -0.05) is 54.6 Å². The Balaban J connectivity index is 2.07. The monoisotopic (exact) mass is 315 g/mol. The van der Waals surface area contributed by atoms with E-state index >= 15 is 0 Å². The standard InChI is InChI=1S/C19H16F3N/c1-13-12-23(2)18(17(13)19(20,21)22)16-10-8-15(9-11-16)14-6-4-3-5-7-14/h3-12H,1-2H3. The number of benzene rings is 2. The Morgan fingerprint density at radius 3 is 1.87 bits per heavy atom. The normalized spacial score (nSPS) is 11.7. The summed E-state index contributed by atoms with van der Waals surface area (Å²) in [5.41, 5.74) is 2.46. The molecule has 0 bridgehead atoms. The van der Waals surface area contributed by atoms with Gasteiger partial charge in [0.1, 0.15) is 0 Å². The summed E-state index contributed by atoms with van der Waals surface area (Å²) in [6.07, 6.45) is -2.85. The Labute approximate surface area is 133 Å². The highest BCUT2D eigenvalue weighted by Crippen LogP contribution is 2.40. The first kappa shape index (κ1) is 15.4. The SMILES string of the molecule is Cc1cn(C)c(-c2ccc(-c3ccccc3)cc2)c1C(F)(F)F. The summed E-state index contributed by atoms with van der Waals surface area (Å²) in [6, 6.07) is 16.9. The van der Waals surface area contributed by atoms with E-state index in [9.17, 15) is 13.2 Å². The molecule has 0 saturated carbocycles. The maximum Gasteiger partial charge on any atom is 0.418 e. The quantitative estimate of drug-likeness (QED) is 0.573. The molecule has 0 radical (unpaired) electrons. The van der Waals surface area contributed by atoms with Gasteiger partial charge >= 0.3 is 6.18 Å². The van der Waals surface area contributed by atoms with E-state index < -0.39 is 11.7 Å². The average Bonchev–Trinajstić information content (AvgIpc) is 2.83. The average molecular weight is 315 g/mol. The lowest BCUT2D eigenvalue weighted by molar-refractivity contribution is -0.137. The van der Waals surface area contributed by atoms with E-state index in [4.69, 9.17) is 0 Å². The number of alkyl halides is 3. The first-order valence-electron chi connectivity index (χ1n) is 7.27. The molecule has 23 heavy (non-hydrogen) atoms. The summed E-state index contributed by atoms with van der Waals surface area (Å²) in [6.45, 7) is 1.49. The van der Waals surface area contributed by atoms with Gasteiger partial charge in [0.15, 0.2) is 0 Å². The molecule has 0 aliphatic carbocycles. The van der Waals surface area contributed by atoms with Gasteiger partial charge in [-0.15, -0.1) is 0 Å². The van der Waals surface area contributed by atoms with Crippen molar-refractivity contribution in [1.29, 1.82) is 0 Å². The highest BCUT2D eigenvalue weighted by molar-refractivity contribution is 5.72. The molecule has 2 aromatic carbocycles. The lowest BCUT2D eigenvalue weighted by Gasteiger charge is -2.12. The van der Waals surface area contributed by atoms with E-state index in [1.807, 2.05) is 42.5 Å².